The largest absolute Gasteiger partial charge is 0.308 e. The van der Waals surface area contributed by atoms with Crippen LogP contribution in [0, 0.1) is 0 Å². The maximum atomic E-state index is 12.5. The third-order valence-corrected chi connectivity index (χ3v) is 7.42. The number of hydrogen-bond acceptors (Lipinski definition) is 8. The molecule has 11 heteroatoms. The molecule has 3 rings (SSSR count). The summed E-state index contributed by atoms with van der Waals surface area (Å²) in [5.74, 6) is 0. The molecule has 0 amide bonds. The van der Waals surface area contributed by atoms with E-state index in [1.165, 1.54) is 35.2 Å². The second-order valence-electron chi connectivity index (χ2n) is 4.83. The number of anilines is 1. The number of hydrogen-bond donors (Lipinski definition) is 1. The van der Waals surface area contributed by atoms with Gasteiger partial charge in [0.05, 0.1) is 15.1 Å². The van der Waals surface area contributed by atoms with Gasteiger partial charge in [0.1, 0.15) is 0 Å². The van der Waals surface area contributed by atoms with E-state index < -0.39 is 10.0 Å². The van der Waals surface area contributed by atoms with Crippen molar-refractivity contribution >= 4 is 59.8 Å². The molecule has 1 aromatic carbocycles. The normalized spacial score (nSPS) is 11.9. The molecule has 2 aromatic heterocycles. The highest BCUT2D eigenvalue weighted by molar-refractivity contribution is 8.00. The number of rotatable bonds is 6. The summed E-state index contributed by atoms with van der Waals surface area (Å²) in [5.41, 5.74) is 0.756. The lowest BCUT2D eigenvalue weighted by atomic mass is 10.3. The SMILES string of the molecule is CCCn1c(=O)sc2cc(S(=O)(=O)Nc3nnc(SC)s3)ccc21. The maximum Gasteiger partial charge on any atom is 0.308 e. The molecule has 24 heavy (non-hydrogen) atoms. The molecular formula is C13H14N4O3S4. The molecule has 0 aliphatic rings. The molecule has 0 aliphatic heterocycles. The lowest BCUT2D eigenvalue weighted by molar-refractivity contribution is 0.601. The summed E-state index contributed by atoms with van der Waals surface area (Å²) in [7, 11) is -3.77. The van der Waals surface area contributed by atoms with Crippen LogP contribution >= 0.6 is 34.4 Å². The lowest BCUT2D eigenvalue weighted by Gasteiger charge is -2.05. The number of sulfonamides is 1. The molecule has 1 N–H and O–H groups in total. The molecule has 0 saturated carbocycles. The Balaban J connectivity index is 1.97. The van der Waals surface area contributed by atoms with E-state index in [1.807, 2.05) is 13.2 Å². The number of thiazole rings is 1. The van der Waals surface area contributed by atoms with Crippen molar-refractivity contribution in [2.45, 2.75) is 29.1 Å². The Hall–Kier alpha value is -1.43. The fourth-order valence-corrected chi connectivity index (χ4v) is 5.61. The third kappa shape index (κ3) is 3.34. The number of thioether (sulfide) groups is 1. The Bertz CT molecular complexity index is 1040. The van der Waals surface area contributed by atoms with Gasteiger partial charge in [-0.25, -0.2) is 8.42 Å². The molecule has 0 aliphatic carbocycles. The number of benzene rings is 1. The van der Waals surface area contributed by atoms with Crippen LogP contribution in [0.5, 0.6) is 0 Å². The van der Waals surface area contributed by atoms with Gasteiger partial charge in [0, 0.05) is 6.54 Å². The summed E-state index contributed by atoms with van der Waals surface area (Å²) in [4.78, 5) is 12.0. The summed E-state index contributed by atoms with van der Waals surface area (Å²) in [6, 6.07) is 4.69. The van der Waals surface area contributed by atoms with Gasteiger partial charge in [0.2, 0.25) is 5.13 Å². The van der Waals surface area contributed by atoms with Gasteiger partial charge in [-0.3, -0.25) is 14.1 Å². The van der Waals surface area contributed by atoms with Gasteiger partial charge < -0.3 is 0 Å². The molecule has 3 aromatic rings. The average molecular weight is 403 g/mol. The Morgan fingerprint density at radius 1 is 1.29 bits per heavy atom. The summed E-state index contributed by atoms with van der Waals surface area (Å²) in [6.45, 7) is 2.61. The summed E-state index contributed by atoms with van der Waals surface area (Å²) in [6.07, 6.45) is 2.68. The first kappa shape index (κ1) is 17.4. The molecule has 0 atom stereocenters. The summed E-state index contributed by atoms with van der Waals surface area (Å²) < 4.78 is 30.4. The molecule has 7 nitrogen and oxygen atoms in total. The number of aryl methyl sites for hydroxylation is 1. The van der Waals surface area contributed by atoms with E-state index in [0.717, 1.165) is 23.3 Å². The van der Waals surface area contributed by atoms with Crippen molar-refractivity contribution < 1.29 is 8.42 Å². The highest BCUT2D eigenvalue weighted by atomic mass is 32.2. The minimum atomic E-state index is -3.77. The molecule has 0 fully saturated rings. The second-order valence-corrected chi connectivity index (χ2v) is 9.54. The van der Waals surface area contributed by atoms with Gasteiger partial charge in [-0.1, -0.05) is 41.4 Å². The van der Waals surface area contributed by atoms with Crippen LogP contribution in [0.3, 0.4) is 0 Å². The van der Waals surface area contributed by atoms with Crippen molar-refractivity contribution in [2.24, 2.45) is 0 Å². The van der Waals surface area contributed by atoms with Crippen LogP contribution in [-0.2, 0) is 16.6 Å². The van der Waals surface area contributed by atoms with E-state index in [2.05, 4.69) is 14.9 Å². The topological polar surface area (TPSA) is 94.0 Å². The minimum absolute atomic E-state index is 0.0805. The van der Waals surface area contributed by atoms with Crippen molar-refractivity contribution in [1.82, 2.24) is 14.8 Å². The molecule has 128 valence electrons. The zero-order valence-corrected chi connectivity index (χ0v) is 16.1. The van der Waals surface area contributed by atoms with Crippen LogP contribution in [-0.4, -0.2) is 29.4 Å². The van der Waals surface area contributed by atoms with Crippen LogP contribution in [0.4, 0.5) is 5.13 Å². The summed E-state index contributed by atoms with van der Waals surface area (Å²) >= 11 is 3.62. The molecular weight excluding hydrogens is 388 g/mol. The molecule has 0 radical (unpaired) electrons. The smallest absolute Gasteiger partial charge is 0.299 e. The van der Waals surface area contributed by atoms with Crippen LogP contribution in [0.15, 0.2) is 32.2 Å². The quantitative estimate of drug-likeness (QED) is 0.637. The average Bonchev–Trinajstić information content (AvgIpc) is 3.11. The third-order valence-electron chi connectivity index (χ3n) is 3.20. The van der Waals surface area contributed by atoms with Gasteiger partial charge in [0.15, 0.2) is 4.34 Å². The fraction of sp³-hybridized carbons (Fsp3) is 0.308. The standard InChI is InChI=1S/C13H14N4O3S4/c1-3-6-17-9-5-4-8(7-10(9)22-13(17)18)24(19,20)16-11-14-15-12(21-2)23-11/h4-5,7H,3,6H2,1-2H3,(H,14,16). The van der Waals surface area contributed by atoms with Crippen LogP contribution in [0.2, 0.25) is 0 Å². The van der Waals surface area contributed by atoms with E-state index in [9.17, 15) is 13.2 Å². The van der Waals surface area contributed by atoms with Crippen molar-refractivity contribution in [3.05, 3.63) is 27.9 Å². The monoisotopic (exact) mass is 402 g/mol. The Kier molecular flexibility index (Phi) is 4.95. The number of nitrogens with one attached hydrogen (secondary N) is 1. The van der Waals surface area contributed by atoms with Gasteiger partial charge in [-0.15, -0.1) is 10.2 Å². The number of fused-ring (bicyclic) bond motifs is 1. The molecule has 0 unspecified atom stereocenters. The molecule has 0 spiro atoms. The first-order valence-electron chi connectivity index (χ1n) is 6.98. The van der Waals surface area contributed by atoms with Gasteiger partial charge in [0.25, 0.3) is 10.0 Å². The lowest BCUT2D eigenvalue weighted by Crippen LogP contribution is -2.13. The second kappa shape index (κ2) is 6.82. The Morgan fingerprint density at radius 2 is 2.08 bits per heavy atom. The van der Waals surface area contributed by atoms with Crippen LogP contribution in [0.25, 0.3) is 10.2 Å². The first-order chi connectivity index (χ1) is 11.4. The number of nitrogens with zero attached hydrogens (tertiary/aromatic N) is 3. The van der Waals surface area contributed by atoms with Gasteiger partial charge in [-0.05, 0) is 30.9 Å². The number of aromatic nitrogens is 3. The van der Waals surface area contributed by atoms with Crippen LogP contribution in [0.1, 0.15) is 13.3 Å². The highest BCUT2D eigenvalue weighted by Gasteiger charge is 2.19. The zero-order chi connectivity index (χ0) is 17.3. The maximum absolute atomic E-state index is 12.5. The van der Waals surface area contributed by atoms with E-state index >= 15 is 0 Å². The summed E-state index contributed by atoms with van der Waals surface area (Å²) in [5, 5.41) is 7.89. The Labute approximate surface area is 150 Å². The predicted octanol–water partition coefficient (Wildman–Crippen LogP) is 2.85. The minimum Gasteiger partial charge on any atom is -0.299 e. The first-order valence-corrected chi connectivity index (χ1v) is 11.3. The molecule has 2 heterocycles. The van der Waals surface area contributed by atoms with Crippen LogP contribution < -0.4 is 9.60 Å². The van der Waals surface area contributed by atoms with Crippen molar-refractivity contribution in [3.8, 4) is 0 Å². The molecule has 0 saturated heterocycles. The van der Waals surface area contributed by atoms with E-state index in [1.54, 1.807) is 10.6 Å². The Morgan fingerprint density at radius 3 is 2.75 bits per heavy atom. The van der Waals surface area contributed by atoms with Gasteiger partial charge in [-0.2, -0.15) is 0 Å². The van der Waals surface area contributed by atoms with Crippen molar-refractivity contribution in [1.29, 1.82) is 0 Å². The van der Waals surface area contributed by atoms with Crippen molar-refractivity contribution in [2.75, 3.05) is 11.0 Å². The predicted molar refractivity (Wildman–Crippen MR) is 98.9 cm³/mol. The van der Waals surface area contributed by atoms with E-state index in [-0.39, 0.29) is 14.9 Å². The van der Waals surface area contributed by atoms with Crippen molar-refractivity contribution in [3.63, 3.8) is 0 Å². The fourth-order valence-electron chi connectivity index (χ4n) is 2.16. The van der Waals surface area contributed by atoms with E-state index in [4.69, 9.17) is 0 Å². The highest BCUT2D eigenvalue weighted by Crippen LogP contribution is 2.27. The zero-order valence-electron chi connectivity index (χ0n) is 12.8. The molecule has 0 bridgehead atoms. The van der Waals surface area contributed by atoms with Gasteiger partial charge >= 0.3 is 4.87 Å². The van der Waals surface area contributed by atoms with E-state index in [0.29, 0.717) is 15.6 Å².